The third-order valence-corrected chi connectivity index (χ3v) is 8.52. The molecule has 0 aliphatic rings. The van der Waals surface area contributed by atoms with Crippen LogP contribution in [0.3, 0.4) is 0 Å². The molecular formula is C36H26N10O2Pt2. The van der Waals surface area contributed by atoms with Crippen LogP contribution in [0.5, 0.6) is 0 Å². The van der Waals surface area contributed by atoms with Crippen molar-refractivity contribution >= 4 is 43.6 Å². The second-order valence-electron chi connectivity index (χ2n) is 11.7. The van der Waals surface area contributed by atoms with Crippen LogP contribution in [0.2, 0.25) is 0 Å². The van der Waals surface area contributed by atoms with Gasteiger partial charge in [0.2, 0.25) is 0 Å². The summed E-state index contributed by atoms with van der Waals surface area (Å²) < 4.78 is 19.0. The van der Waals surface area contributed by atoms with E-state index in [-0.39, 0.29) is 42.1 Å². The van der Waals surface area contributed by atoms with Gasteiger partial charge in [0, 0.05) is 62.3 Å². The SMILES string of the molecule is Cn1[c-]nc(-c2cccc3c2[n-]c2c(-c4nccn4C)occ23)c1.Cn1[c-]nc(-c2cccc3c2[n-]c2c(-c4nccn4C)occ23)c1.[Pt+2].[Pt+2]. The van der Waals surface area contributed by atoms with Gasteiger partial charge in [-0.3, -0.25) is 0 Å². The number of imidazole rings is 4. The maximum absolute atomic E-state index is 5.77. The van der Waals surface area contributed by atoms with Crippen LogP contribution in [0.1, 0.15) is 0 Å². The molecule has 0 N–H and O–H groups in total. The first kappa shape index (κ1) is 33.3. The molecule has 14 heteroatoms. The summed E-state index contributed by atoms with van der Waals surface area (Å²) in [5.41, 5.74) is 7.19. The van der Waals surface area contributed by atoms with Gasteiger partial charge in [0.1, 0.15) is 0 Å². The Morgan fingerprint density at radius 3 is 1.38 bits per heavy atom. The molecule has 0 aliphatic heterocycles. The Labute approximate surface area is 313 Å². The van der Waals surface area contributed by atoms with Crippen molar-refractivity contribution < 1.29 is 51.0 Å². The summed E-state index contributed by atoms with van der Waals surface area (Å²) in [5.74, 6) is 2.90. The average molecular weight is 1020 g/mol. The van der Waals surface area contributed by atoms with E-state index in [1.165, 1.54) is 0 Å². The van der Waals surface area contributed by atoms with Crippen molar-refractivity contribution in [1.29, 1.82) is 0 Å². The van der Waals surface area contributed by atoms with Crippen LogP contribution in [0.4, 0.5) is 0 Å². The van der Waals surface area contributed by atoms with Crippen LogP contribution in [0.15, 0.2) is 94.9 Å². The van der Waals surface area contributed by atoms with E-state index in [9.17, 15) is 0 Å². The molecule has 2 aromatic carbocycles. The van der Waals surface area contributed by atoms with E-state index in [0.717, 1.165) is 77.8 Å². The van der Waals surface area contributed by atoms with Crippen molar-refractivity contribution in [3.8, 4) is 45.7 Å². The fourth-order valence-electron chi connectivity index (χ4n) is 6.20. The Kier molecular flexibility index (Phi) is 8.62. The quantitative estimate of drug-likeness (QED) is 0.189. The monoisotopic (exact) mass is 1020 g/mol. The zero-order valence-electron chi connectivity index (χ0n) is 27.0. The molecule has 12 nitrogen and oxygen atoms in total. The molecule has 0 spiro atoms. The largest absolute Gasteiger partial charge is 2.00 e. The summed E-state index contributed by atoms with van der Waals surface area (Å²) in [4.78, 5) is 27.1. The number of rotatable bonds is 4. The van der Waals surface area contributed by atoms with Crippen molar-refractivity contribution in [1.82, 2.24) is 48.2 Å². The molecule has 0 fully saturated rings. The maximum Gasteiger partial charge on any atom is 2.00 e. The molecule has 50 heavy (non-hydrogen) atoms. The molecule has 8 aromatic heterocycles. The first-order chi connectivity index (χ1) is 23.4. The van der Waals surface area contributed by atoms with E-state index in [1.54, 1.807) is 24.9 Å². The number of para-hydroxylation sites is 2. The molecular weight excluding hydrogens is 995 g/mol. The maximum atomic E-state index is 5.77. The minimum absolute atomic E-state index is 0. The molecule has 0 saturated heterocycles. The molecule has 0 saturated carbocycles. The van der Waals surface area contributed by atoms with E-state index in [4.69, 9.17) is 18.8 Å². The van der Waals surface area contributed by atoms with Crippen molar-refractivity contribution in [2.45, 2.75) is 0 Å². The Morgan fingerprint density at radius 1 is 0.580 bits per heavy atom. The molecule has 10 aromatic rings. The van der Waals surface area contributed by atoms with Gasteiger partial charge in [0.15, 0.2) is 23.2 Å². The first-order valence-electron chi connectivity index (χ1n) is 15.2. The number of aryl methyl sites for hydroxylation is 4. The van der Waals surface area contributed by atoms with Crippen LogP contribution >= 0.6 is 0 Å². The second-order valence-corrected chi connectivity index (χ2v) is 11.7. The number of nitrogens with zero attached hydrogens (tertiary/aromatic N) is 10. The predicted molar refractivity (Wildman–Crippen MR) is 181 cm³/mol. The Morgan fingerprint density at radius 2 is 1.02 bits per heavy atom. The minimum Gasteiger partial charge on any atom is -0.654 e. The fourth-order valence-corrected chi connectivity index (χ4v) is 6.20. The van der Waals surface area contributed by atoms with Crippen LogP contribution < -0.4 is 9.97 Å². The Bertz CT molecular complexity index is 2570. The zero-order valence-corrected chi connectivity index (χ0v) is 31.5. The summed E-state index contributed by atoms with van der Waals surface area (Å²) in [5, 5.41) is 4.09. The van der Waals surface area contributed by atoms with Crippen LogP contribution in [0.25, 0.3) is 89.3 Å². The smallest absolute Gasteiger partial charge is 0.654 e. The van der Waals surface area contributed by atoms with E-state index in [2.05, 4.69) is 44.7 Å². The third-order valence-electron chi connectivity index (χ3n) is 8.52. The molecule has 0 atom stereocenters. The standard InChI is InChI=1S/2C18H13N5O.2Pt/c2*1-22-8-14(20-10-22)12-5-3-4-11-13-9-24-17(16(13)21-15(11)12)18-19-6-7-23(18)2;;/h2*3-9H,1-2H3;;/q2*-2;2*+2. The topological polar surface area (TPSA) is 126 Å². The van der Waals surface area contributed by atoms with Crippen LogP contribution in [-0.2, 0) is 70.3 Å². The van der Waals surface area contributed by atoms with Crippen molar-refractivity contribution in [3.63, 3.8) is 0 Å². The van der Waals surface area contributed by atoms with Gasteiger partial charge in [0.25, 0.3) is 0 Å². The Hall–Kier alpha value is -5.18. The van der Waals surface area contributed by atoms with E-state index < -0.39 is 0 Å². The minimum atomic E-state index is 0. The van der Waals surface area contributed by atoms with Crippen molar-refractivity contribution in [2.75, 3.05) is 0 Å². The van der Waals surface area contributed by atoms with E-state index in [1.807, 2.05) is 95.5 Å². The number of fused-ring (bicyclic) bond motifs is 6. The number of furan rings is 2. The van der Waals surface area contributed by atoms with Gasteiger partial charge in [-0.15, -0.1) is 23.4 Å². The van der Waals surface area contributed by atoms with Gasteiger partial charge >= 0.3 is 42.1 Å². The molecule has 10 rings (SSSR count). The molecule has 252 valence electrons. The number of benzene rings is 2. The normalized spacial score (nSPS) is 11.3. The van der Waals surface area contributed by atoms with E-state index >= 15 is 0 Å². The van der Waals surface area contributed by atoms with Crippen molar-refractivity contribution in [2.24, 2.45) is 28.2 Å². The van der Waals surface area contributed by atoms with Gasteiger partial charge in [0.05, 0.1) is 12.5 Å². The second kappa shape index (κ2) is 12.9. The number of hydrogen-bond donors (Lipinski definition) is 0. The number of aromatic nitrogens is 10. The van der Waals surface area contributed by atoms with Gasteiger partial charge in [-0.05, 0) is 24.9 Å². The Balaban J connectivity index is 0.000000151. The molecule has 0 unspecified atom stereocenters. The van der Waals surface area contributed by atoms with Gasteiger partial charge < -0.3 is 47.0 Å². The van der Waals surface area contributed by atoms with E-state index in [0.29, 0.717) is 11.5 Å². The predicted octanol–water partition coefficient (Wildman–Crippen LogP) is 6.28. The first-order valence-corrected chi connectivity index (χ1v) is 15.2. The molecule has 0 radical (unpaired) electrons. The third kappa shape index (κ3) is 5.30. The van der Waals surface area contributed by atoms with Crippen LogP contribution in [-0.4, -0.2) is 38.2 Å². The van der Waals surface area contributed by atoms with Gasteiger partial charge in [-0.1, -0.05) is 69.9 Å². The summed E-state index contributed by atoms with van der Waals surface area (Å²) in [6.07, 6.45) is 20.5. The van der Waals surface area contributed by atoms with Crippen LogP contribution in [0, 0.1) is 12.7 Å². The summed E-state index contributed by atoms with van der Waals surface area (Å²) in [6, 6.07) is 12.2. The zero-order chi connectivity index (χ0) is 32.5. The molecule has 0 amide bonds. The molecule has 0 aliphatic carbocycles. The van der Waals surface area contributed by atoms with Gasteiger partial charge in [-0.2, -0.15) is 0 Å². The summed E-state index contributed by atoms with van der Waals surface area (Å²) in [7, 11) is 7.69. The fraction of sp³-hybridized carbons (Fsp3) is 0.111. The van der Waals surface area contributed by atoms with Crippen molar-refractivity contribution in [3.05, 3.63) is 98.8 Å². The number of hydrogen-bond acceptors (Lipinski definition) is 6. The average Bonchev–Trinajstić information content (AvgIpc) is 3.92. The molecule has 0 bridgehead atoms. The summed E-state index contributed by atoms with van der Waals surface area (Å²) in [6.45, 7) is 0. The molecule has 8 heterocycles. The van der Waals surface area contributed by atoms with Gasteiger partial charge in [-0.25, -0.2) is 9.97 Å². The summed E-state index contributed by atoms with van der Waals surface area (Å²) >= 11 is 0.